The summed E-state index contributed by atoms with van der Waals surface area (Å²) in [6, 6.07) is 15.6. The highest BCUT2D eigenvalue weighted by atomic mass is 16.2. The predicted octanol–water partition coefficient (Wildman–Crippen LogP) is 2.30. The summed E-state index contributed by atoms with van der Waals surface area (Å²) in [5.41, 5.74) is 3.83. The number of hydrazine groups is 1. The summed E-state index contributed by atoms with van der Waals surface area (Å²) in [6.07, 6.45) is 1.83. The Morgan fingerprint density at radius 2 is 1.23 bits per heavy atom. The van der Waals surface area contributed by atoms with Crippen molar-refractivity contribution in [1.29, 1.82) is 0 Å². The molecule has 0 aliphatic carbocycles. The molecular formula is C23H24N4O4. The second-order valence-corrected chi connectivity index (χ2v) is 7.71. The summed E-state index contributed by atoms with van der Waals surface area (Å²) in [5.74, 6) is -0.629. The molecule has 2 fully saturated rings. The molecule has 0 spiro atoms. The number of benzene rings is 2. The fourth-order valence-electron chi connectivity index (χ4n) is 3.79. The van der Waals surface area contributed by atoms with Crippen LogP contribution >= 0.6 is 0 Å². The first-order valence-electron chi connectivity index (χ1n) is 10.3. The number of amides is 4. The van der Waals surface area contributed by atoms with Gasteiger partial charge in [0, 0.05) is 38.4 Å². The lowest BCUT2D eigenvalue weighted by Crippen LogP contribution is -2.43. The molecule has 1 N–H and O–H groups in total. The third-order valence-corrected chi connectivity index (χ3v) is 5.59. The van der Waals surface area contributed by atoms with Crippen LogP contribution in [-0.2, 0) is 25.6 Å². The second-order valence-electron chi connectivity index (χ2n) is 7.71. The van der Waals surface area contributed by atoms with E-state index in [1.54, 1.807) is 12.1 Å². The second kappa shape index (κ2) is 8.59. The van der Waals surface area contributed by atoms with E-state index in [-0.39, 0.29) is 43.1 Å². The van der Waals surface area contributed by atoms with Gasteiger partial charge in [-0.25, -0.2) is 0 Å². The van der Waals surface area contributed by atoms with Gasteiger partial charge in [-0.3, -0.25) is 29.1 Å². The van der Waals surface area contributed by atoms with Crippen molar-refractivity contribution in [3.8, 4) is 0 Å². The summed E-state index contributed by atoms with van der Waals surface area (Å²) in [6.45, 7) is 0.189. The Morgan fingerprint density at radius 1 is 0.742 bits per heavy atom. The Kier molecular flexibility index (Phi) is 5.70. The number of anilines is 2. The number of nitrogens with zero attached hydrogens (tertiary/aromatic N) is 3. The van der Waals surface area contributed by atoms with Crippen LogP contribution in [0.25, 0.3) is 0 Å². The molecule has 2 aromatic carbocycles. The van der Waals surface area contributed by atoms with Gasteiger partial charge in [-0.15, -0.1) is 0 Å². The van der Waals surface area contributed by atoms with Crippen LogP contribution in [0.3, 0.4) is 0 Å². The number of likely N-dealkylation sites (tertiary alicyclic amines) is 1. The van der Waals surface area contributed by atoms with Crippen molar-refractivity contribution in [2.24, 2.45) is 0 Å². The minimum absolute atomic E-state index is 0.137. The van der Waals surface area contributed by atoms with Crippen LogP contribution < -0.4 is 10.3 Å². The molecule has 0 atom stereocenters. The number of rotatable bonds is 7. The zero-order chi connectivity index (χ0) is 22.0. The van der Waals surface area contributed by atoms with Gasteiger partial charge >= 0.3 is 0 Å². The maximum atomic E-state index is 11.9. The van der Waals surface area contributed by atoms with Gasteiger partial charge in [-0.2, -0.15) is 5.01 Å². The highest BCUT2D eigenvalue weighted by molar-refractivity contribution is 6.03. The normalized spacial score (nSPS) is 16.4. The zero-order valence-corrected chi connectivity index (χ0v) is 17.3. The fraction of sp³-hybridized carbons (Fsp3) is 0.304. The van der Waals surface area contributed by atoms with E-state index >= 15 is 0 Å². The molecule has 2 saturated heterocycles. The fourth-order valence-corrected chi connectivity index (χ4v) is 3.79. The Hall–Kier alpha value is -3.68. The van der Waals surface area contributed by atoms with Crippen molar-refractivity contribution in [2.45, 2.75) is 32.1 Å². The average Bonchev–Trinajstić information content (AvgIpc) is 3.28. The van der Waals surface area contributed by atoms with Crippen molar-refractivity contribution in [3.05, 3.63) is 59.7 Å². The van der Waals surface area contributed by atoms with E-state index in [1.165, 1.54) is 9.91 Å². The number of imide groups is 2. The lowest BCUT2D eigenvalue weighted by molar-refractivity contribution is -0.140. The molecule has 0 aromatic heterocycles. The van der Waals surface area contributed by atoms with Gasteiger partial charge < -0.3 is 5.32 Å². The van der Waals surface area contributed by atoms with Crippen LogP contribution in [0, 0.1) is 0 Å². The molecule has 0 unspecified atom stereocenters. The van der Waals surface area contributed by atoms with Gasteiger partial charge in [0.15, 0.2) is 0 Å². The molecule has 4 amide bonds. The molecule has 0 bridgehead atoms. The average molecular weight is 420 g/mol. The molecule has 160 valence electrons. The summed E-state index contributed by atoms with van der Waals surface area (Å²) < 4.78 is 0. The van der Waals surface area contributed by atoms with Crippen molar-refractivity contribution in [1.82, 2.24) is 9.91 Å². The highest BCUT2D eigenvalue weighted by Gasteiger charge is 2.32. The Labute approximate surface area is 180 Å². The predicted molar refractivity (Wildman–Crippen MR) is 115 cm³/mol. The number of hydrogen-bond acceptors (Lipinski definition) is 6. The first kappa shape index (κ1) is 20.6. The van der Waals surface area contributed by atoms with Crippen LogP contribution in [0.15, 0.2) is 48.5 Å². The van der Waals surface area contributed by atoms with Gasteiger partial charge in [-0.1, -0.05) is 24.3 Å². The van der Waals surface area contributed by atoms with Crippen LogP contribution in [0.1, 0.15) is 36.8 Å². The molecule has 0 radical (unpaired) electrons. The van der Waals surface area contributed by atoms with Crippen molar-refractivity contribution in [2.75, 3.05) is 24.0 Å². The molecule has 2 aromatic rings. The molecule has 2 aliphatic rings. The molecule has 8 nitrogen and oxygen atoms in total. The zero-order valence-electron chi connectivity index (χ0n) is 17.3. The monoisotopic (exact) mass is 420 g/mol. The molecule has 31 heavy (non-hydrogen) atoms. The minimum atomic E-state index is -0.177. The first-order chi connectivity index (χ1) is 14.9. The number of hydrogen-bond donors (Lipinski definition) is 1. The standard InChI is InChI=1S/C23H24N4O4/c1-25(27-22(30)12-13-23(27)31)19-8-4-17(5-9-19)14-16-2-6-18(7-3-16)24-15-26-20(28)10-11-21(26)29/h2-9,24H,10-15H2,1H3. The lowest BCUT2D eigenvalue weighted by Gasteiger charge is -2.28. The first-order valence-corrected chi connectivity index (χ1v) is 10.3. The molecule has 0 saturated carbocycles. The van der Waals surface area contributed by atoms with Gasteiger partial charge in [0.25, 0.3) is 0 Å². The largest absolute Gasteiger partial charge is 0.367 e. The molecule has 4 rings (SSSR count). The van der Waals surface area contributed by atoms with Crippen LogP contribution in [0.5, 0.6) is 0 Å². The number of nitrogens with one attached hydrogen (secondary N) is 1. The molecule has 2 aliphatic heterocycles. The van der Waals surface area contributed by atoms with E-state index in [1.807, 2.05) is 48.5 Å². The Balaban J connectivity index is 1.34. The van der Waals surface area contributed by atoms with Crippen molar-refractivity contribution in [3.63, 3.8) is 0 Å². The maximum absolute atomic E-state index is 11.9. The molecule has 8 heteroatoms. The van der Waals surface area contributed by atoms with Crippen LogP contribution in [0.4, 0.5) is 11.4 Å². The van der Waals surface area contributed by atoms with Crippen molar-refractivity contribution < 1.29 is 19.2 Å². The lowest BCUT2D eigenvalue weighted by atomic mass is 10.0. The van der Waals surface area contributed by atoms with Gasteiger partial charge in [0.05, 0.1) is 12.4 Å². The van der Waals surface area contributed by atoms with Crippen LogP contribution in [0.2, 0.25) is 0 Å². The summed E-state index contributed by atoms with van der Waals surface area (Å²) in [4.78, 5) is 48.4. The van der Waals surface area contributed by atoms with E-state index in [0.29, 0.717) is 12.8 Å². The van der Waals surface area contributed by atoms with Crippen LogP contribution in [-0.4, -0.2) is 47.3 Å². The Morgan fingerprint density at radius 3 is 1.77 bits per heavy atom. The minimum Gasteiger partial charge on any atom is -0.367 e. The summed E-state index contributed by atoms with van der Waals surface area (Å²) >= 11 is 0. The van der Waals surface area contributed by atoms with E-state index < -0.39 is 0 Å². The van der Waals surface area contributed by atoms with E-state index in [9.17, 15) is 19.2 Å². The third-order valence-electron chi connectivity index (χ3n) is 5.59. The summed E-state index contributed by atoms with van der Waals surface area (Å²) in [5, 5.41) is 5.90. The quantitative estimate of drug-likeness (QED) is 0.692. The van der Waals surface area contributed by atoms with E-state index in [2.05, 4.69) is 5.32 Å². The maximum Gasteiger partial charge on any atom is 0.248 e. The van der Waals surface area contributed by atoms with Crippen molar-refractivity contribution >= 4 is 35.0 Å². The SMILES string of the molecule is CN(c1ccc(Cc2ccc(NCN3C(=O)CCC3=O)cc2)cc1)N1C(=O)CCC1=O. The highest BCUT2D eigenvalue weighted by Crippen LogP contribution is 2.22. The molecule has 2 heterocycles. The third kappa shape index (κ3) is 4.42. The topological polar surface area (TPSA) is 90.0 Å². The number of carbonyl (C=O) groups is 4. The van der Waals surface area contributed by atoms with E-state index in [4.69, 9.17) is 0 Å². The number of carbonyl (C=O) groups excluding carboxylic acids is 4. The van der Waals surface area contributed by atoms with E-state index in [0.717, 1.165) is 28.9 Å². The van der Waals surface area contributed by atoms with Gasteiger partial charge in [0.2, 0.25) is 23.6 Å². The van der Waals surface area contributed by atoms with Gasteiger partial charge in [-0.05, 0) is 41.8 Å². The van der Waals surface area contributed by atoms with Gasteiger partial charge in [0.1, 0.15) is 0 Å². The smallest absolute Gasteiger partial charge is 0.248 e. The summed E-state index contributed by atoms with van der Waals surface area (Å²) in [7, 11) is 1.71. The molecular weight excluding hydrogens is 396 g/mol. The Bertz CT molecular complexity index is 985.